The summed E-state index contributed by atoms with van der Waals surface area (Å²) in [5, 5.41) is 0. The maximum absolute atomic E-state index is 5.42. The SMILES string of the molecule is Cc1cnc(CN(C)Cc2coc(C(C)C)n2)[nH]1. The van der Waals surface area contributed by atoms with Gasteiger partial charge in [0.15, 0.2) is 5.89 Å². The number of aromatic nitrogens is 3. The molecule has 0 amide bonds. The number of H-pyrrole nitrogens is 1. The van der Waals surface area contributed by atoms with Crippen molar-refractivity contribution in [2.75, 3.05) is 7.05 Å². The molecule has 0 aromatic carbocycles. The van der Waals surface area contributed by atoms with Crippen molar-refractivity contribution in [2.45, 2.75) is 39.8 Å². The fraction of sp³-hybridized carbons (Fsp3) is 0.538. The van der Waals surface area contributed by atoms with Crippen LogP contribution in [0.1, 0.15) is 42.9 Å². The first kappa shape index (κ1) is 12.8. The third-order valence-electron chi connectivity index (χ3n) is 2.67. The number of aryl methyl sites for hydroxylation is 1. The van der Waals surface area contributed by atoms with Crippen molar-refractivity contribution in [3.05, 3.63) is 35.6 Å². The third kappa shape index (κ3) is 3.20. The first-order valence-corrected chi connectivity index (χ1v) is 6.18. The van der Waals surface area contributed by atoms with E-state index >= 15 is 0 Å². The van der Waals surface area contributed by atoms with Crippen LogP contribution in [0.25, 0.3) is 0 Å². The molecule has 2 aromatic heterocycles. The number of rotatable bonds is 5. The maximum atomic E-state index is 5.42. The molecule has 0 saturated heterocycles. The van der Waals surface area contributed by atoms with Crippen LogP contribution in [0.2, 0.25) is 0 Å². The first-order chi connectivity index (χ1) is 8.54. The fourth-order valence-corrected chi connectivity index (χ4v) is 1.80. The van der Waals surface area contributed by atoms with Crippen LogP contribution in [0.3, 0.4) is 0 Å². The van der Waals surface area contributed by atoms with Crippen LogP contribution < -0.4 is 0 Å². The molecule has 0 fully saturated rings. The normalized spacial score (nSPS) is 11.7. The van der Waals surface area contributed by atoms with Gasteiger partial charge < -0.3 is 9.40 Å². The predicted octanol–water partition coefficient (Wildman–Crippen LogP) is 2.46. The van der Waals surface area contributed by atoms with Crippen LogP contribution in [-0.4, -0.2) is 26.9 Å². The van der Waals surface area contributed by atoms with Crippen LogP contribution >= 0.6 is 0 Å². The quantitative estimate of drug-likeness (QED) is 0.883. The highest BCUT2D eigenvalue weighted by molar-refractivity contribution is 5.01. The van der Waals surface area contributed by atoms with Crippen molar-refractivity contribution in [2.24, 2.45) is 0 Å². The van der Waals surface area contributed by atoms with Gasteiger partial charge in [0, 0.05) is 24.4 Å². The second kappa shape index (κ2) is 5.35. The highest BCUT2D eigenvalue weighted by Gasteiger charge is 2.10. The average molecular weight is 248 g/mol. The van der Waals surface area contributed by atoms with Gasteiger partial charge in [-0.3, -0.25) is 4.90 Å². The first-order valence-electron chi connectivity index (χ1n) is 6.18. The lowest BCUT2D eigenvalue weighted by Gasteiger charge is -2.12. The number of nitrogens with zero attached hydrogens (tertiary/aromatic N) is 3. The highest BCUT2D eigenvalue weighted by atomic mass is 16.3. The summed E-state index contributed by atoms with van der Waals surface area (Å²) in [4.78, 5) is 14.1. The van der Waals surface area contributed by atoms with Gasteiger partial charge in [-0.05, 0) is 14.0 Å². The smallest absolute Gasteiger partial charge is 0.196 e. The van der Waals surface area contributed by atoms with Crippen molar-refractivity contribution in [1.82, 2.24) is 19.9 Å². The molecule has 0 aliphatic heterocycles. The lowest BCUT2D eigenvalue weighted by molar-refractivity contribution is 0.307. The van der Waals surface area contributed by atoms with Gasteiger partial charge in [-0.15, -0.1) is 0 Å². The van der Waals surface area contributed by atoms with E-state index in [-0.39, 0.29) is 0 Å². The zero-order valence-electron chi connectivity index (χ0n) is 11.4. The predicted molar refractivity (Wildman–Crippen MR) is 69.1 cm³/mol. The minimum absolute atomic E-state index is 0.330. The minimum atomic E-state index is 0.330. The van der Waals surface area contributed by atoms with Gasteiger partial charge in [0.05, 0.1) is 12.2 Å². The molecule has 2 rings (SSSR count). The largest absolute Gasteiger partial charge is 0.448 e. The number of imidazole rings is 1. The Hall–Kier alpha value is -1.62. The summed E-state index contributed by atoms with van der Waals surface area (Å²) >= 11 is 0. The second-order valence-corrected chi connectivity index (χ2v) is 5.02. The van der Waals surface area contributed by atoms with E-state index in [0.717, 1.165) is 36.2 Å². The van der Waals surface area contributed by atoms with Gasteiger partial charge in [-0.1, -0.05) is 13.8 Å². The van der Waals surface area contributed by atoms with Crippen LogP contribution in [0.4, 0.5) is 0 Å². The molecule has 0 saturated carbocycles. The molecular formula is C13H20N4O. The summed E-state index contributed by atoms with van der Waals surface area (Å²) in [7, 11) is 2.04. The zero-order chi connectivity index (χ0) is 13.1. The summed E-state index contributed by atoms with van der Waals surface area (Å²) in [6, 6.07) is 0. The molecule has 0 bridgehead atoms. The van der Waals surface area contributed by atoms with Crippen LogP contribution in [0.15, 0.2) is 16.9 Å². The van der Waals surface area contributed by atoms with Gasteiger partial charge in [-0.2, -0.15) is 0 Å². The lowest BCUT2D eigenvalue weighted by atomic mass is 10.2. The van der Waals surface area contributed by atoms with E-state index in [2.05, 4.69) is 33.7 Å². The second-order valence-electron chi connectivity index (χ2n) is 5.02. The van der Waals surface area contributed by atoms with Gasteiger partial charge in [-0.25, -0.2) is 9.97 Å². The van der Waals surface area contributed by atoms with Gasteiger partial charge in [0.25, 0.3) is 0 Å². The van der Waals surface area contributed by atoms with E-state index in [1.165, 1.54) is 0 Å². The maximum Gasteiger partial charge on any atom is 0.196 e. The molecular weight excluding hydrogens is 228 g/mol. The van der Waals surface area contributed by atoms with E-state index in [1.807, 2.05) is 20.2 Å². The topological polar surface area (TPSA) is 58.0 Å². The molecule has 0 radical (unpaired) electrons. The molecule has 5 heteroatoms. The molecule has 2 heterocycles. The summed E-state index contributed by atoms with van der Waals surface area (Å²) in [5.41, 5.74) is 2.05. The van der Waals surface area contributed by atoms with Crippen molar-refractivity contribution in [3.63, 3.8) is 0 Å². The molecule has 2 aromatic rings. The summed E-state index contributed by atoms with van der Waals surface area (Å²) in [6.07, 6.45) is 3.58. The molecule has 0 spiro atoms. The highest BCUT2D eigenvalue weighted by Crippen LogP contribution is 2.14. The Bertz CT molecular complexity index is 501. The number of hydrogen-bond donors (Lipinski definition) is 1. The van der Waals surface area contributed by atoms with Crippen LogP contribution in [0.5, 0.6) is 0 Å². The Balaban J connectivity index is 1.92. The molecule has 18 heavy (non-hydrogen) atoms. The number of hydrogen-bond acceptors (Lipinski definition) is 4. The Morgan fingerprint density at radius 1 is 1.39 bits per heavy atom. The summed E-state index contributed by atoms with van der Waals surface area (Å²) in [5.74, 6) is 2.10. The Labute approximate surface area is 107 Å². The molecule has 0 aliphatic carbocycles. The van der Waals surface area contributed by atoms with Crippen molar-refractivity contribution in [1.29, 1.82) is 0 Å². The van der Waals surface area contributed by atoms with E-state index in [1.54, 1.807) is 6.26 Å². The molecule has 0 aliphatic rings. The van der Waals surface area contributed by atoms with Crippen LogP contribution in [-0.2, 0) is 13.1 Å². The number of aromatic amines is 1. The fourth-order valence-electron chi connectivity index (χ4n) is 1.80. The Morgan fingerprint density at radius 3 is 2.72 bits per heavy atom. The van der Waals surface area contributed by atoms with Gasteiger partial charge in [0.1, 0.15) is 12.1 Å². The third-order valence-corrected chi connectivity index (χ3v) is 2.67. The van der Waals surface area contributed by atoms with Crippen molar-refractivity contribution >= 4 is 0 Å². The van der Waals surface area contributed by atoms with Gasteiger partial charge in [0.2, 0.25) is 0 Å². The Morgan fingerprint density at radius 2 is 2.17 bits per heavy atom. The van der Waals surface area contributed by atoms with E-state index < -0.39 is 0 Å². The average Bonchev–Trinajstić information content (AvgIpc) is 2.88. The Kier molecular flexibility index (Phi) is 3.81. The lowest BCUT2D eigenvalue weighted by Crippen LogP contribution is -2.18. The zero-order valence-corrected chi connectivity index (χ0v) is 11.4. The molecule has 98 valence electrons. The monoisotopic (exact) mass is 248 g/mol. The molecule has 0 atom stereocenters. The van der Waals surface area contributed by atoms with Crippen LogP contribution in [0, 0.1) is 6.92 Å². The van der Waals surface area contributed by atoms with Gasteiger partial charge >= 0.3 is 0 Å². The molecule has 0 unspecified atom stereocenters. The van der Waals surface area contributed by atoms with Crippen molar-refractivity contribution < 1.29 is 4.42 Å². The van der Waals surface area contributed by atoms with E-state index in [9.17, 15) is 0 Å². The standard InChI is InChI=1S/C13H20N4O/c1-9(2)13-16-11(8-18-13)6-17(4)7-12-14-5-10(3)15-12/h5,8-9H,6-7H2,1-4H3,(H,14,15). The summed E-state index contributed by atoms with van der Waals surface area (Å²) in [6.45, 7) is 7.69. The number of oxazole rings is 1. The molecule has 1 N–H and O–H groups in total. The number of nitrogens with one attached hydrogen (secondary N) is 1. The molecule has 5 nitrogen and oxygen atoms in total. The van der Waals surface area contributed by atoms with E-state index in [4.69, 9.17) is 4.42 Å². The summed E-state index contributed by atoms with van der Waals surface area (Å²) < 4.78 is 5.42. The van der Waals surface area contributed by atoms with Crippen molar-refractivity contribution in [3.8, 4) is 0 Å². The van der Waals surface area contributed by atoms with E-state index in [0.29, 0.717) is 5.92 Å². The minimum Gasteiger partial charge on any atom is -0.448 e.